The summed E-state index contributed by atoms with van der Waals surface area (Å²) in [5, 5.41) is 0. The third kappa shape index (κ3) is 2.28. The van der Waals surface area contributed by atoms with Crippen molar-refractivity contribution in [2.75, 3.05) is 0 Å². The molecule has 2 aromatic heterocycles. The maximum Gasteiger partial charge on any atom is 0.319 e. The van der Waals surface area contributed by atoms with E-state index in [1.165, 1.54) is 18.0 Å². The van der Waals surface area contributed by atoms with Crippen LogP contribution in [0.25, 0.3) is 0 Å². The van der Waals surface area contributed by atoms with Gasteiger partial charge in [0.05, 0.1) is 6.54 Å². The van der Waals surface area contributed by atoms with E-state index in [-0.39, 0.29) is 6.04 Å². The molecule has 2 aromatic rings. The second kappa shape index (κ2) is 4.77. The Balaban J connectivity index is 1.86. The molecule has 102 valence electrons. The fraction of sp³-hybridized carbons (Fsp3) is 0.462. The van der Waals surface area contributed by atoms with Crippen molar-refractivity contribution in [3.05, 3.63) is 41.7 Å². The number of alkyl halides is 2. The summed E-state index contributed by atoms with van der Waals surface area (Å²) in [6.07, 6.45) is 9.75. The highest BCUT2D eigenvalue weighted by Crippen LogP contribution is 2.28. The molecule has 1 aliphatic rings. The summed E-state index contributed by atoms with van der Waals surface area (Å²) in [7, 11) is 0. The zero-order valence-corrected chi connectivity index (χ0v) is 10.5. The van der Waals surface area contributed by atoms with Gasteiger partial charge in [0, 0.05) is 30.8 Å². The number of halogens is 2. The SMILES string of the molecule is NC1CCCc2cn(Cc3nccn3C(F)F)cc21. The molecule has 19 heavy (non-hydrogen) atoms. The highest BCUT2D eigenvalue weighted by atomic mass is 19.3. The van der Waals surface area contributed by atoms with Gasteiger partial charge in [-0.3, -0.25) is 4.57 Å². The summed E-state index contributed by atoms with van der Waals surface area (Å²) >= 11 is 0. The van der Waals surface area contributed by atoms with E-state index in [1.807, 2.05) is 17.0 Å². The molecule has 1 aliphatic carbocycles. The lowest BCUT2D eigenvalue weighted by Gasteiger charge is -2.17. The Labute approximate surface area is 109 Å². The van der Waals surface area contributed by atoms with Crippen LogP contribution in [-0.2, 0) is 13.0 Å². The molecule has 0 saturated heterocycles. The summed E-state index contributed by atoms with van der Waals surface area (Å²) in [6.45, 7) is -2.21. The van der Waals surface area contributed by atoms with E-state index in [0.717, 1.165) is 29.4 Å². The molecule has 1 atom stereocenters. The molecule has 3 rings (SSSR count). The smallest absolute Gasteiger partial charge is 0.319 e. The van der Waals surface area contributed by atoms with Gasteiger partial charge in [0.25, 0.3) is 0 Å². The van der Waals surface area contributed by atoms with E-state index >= 15 is 0 Å². The van der Waals surface area contributed by atoms with Crippen LogP contribution >= 0.6 is 0 Å². The summed E-state index contributed by atoms with van der Waals surface area (Å²) in [4.78, 5) is 3.99. The number of aromatic nitrogens is 3. The van der Waals surface area contributed by atoms with E-state index in [4.69, 9.17) is 5.73 Å². The number of nitrogens with two attached hydrogens (primary N) is 1. The highest BCUT2D eigenvalue weighted by molar-refractivity contribution is 5.30. The van der Waals surface area contributed by atoms with Gasteiger partial charge in [0.15, 0.2) is 0 Å². The number of hydrogen-bond acceptors (Lipinski definition) is 2. The van der Waals surface area contributed by atoms with Crippen molar-refractivity contribution in [2.45, 2.75) is 38.4 Å². The molecule has 0 bridgehead atoms. The van der Waals surface area contributed by atoms with E-state index < -0.39 is 6.55 Å². The van der Waals surface area contributed by atoms with Crippen molar-refractivity contribution in [1.82, 2.24) is 14.1 Å². The standard InChI is InChI=1S/C13H16F2N4/c14-13(15)19-5-4-17-12(19)8-18-6-9-2-1-3-11(16)10(9)7-18/h4-7,11,13H,1-3,8,16H2. The van der Waals surface area contributed by atoms with Gasteiger partial charge in [-0.2, -0.15) is 8.78 Å². The fourth-order valence-electron chi connectivity index (χ4n) is 2.68. The van der Waals surface area contributed by atoms with Gasteiger partial charge in [-0.25, -0.2) is 4.98 Å². The average molecular weight is 266 g/mol. The van der Waals surface area contributed by atoms with Crippen LogP contribution in [0.4, 0.5) is 8.78 Å². The summed E-state index contributed by atoms with van der Waals surface area (Å²) < 4.78 is 28.3. The number of aryl methyl sites for hydroxylation is 1. The molecule has 0 fully saturated rings. The number of fused-ring (bicyclic) bond motifs is 1. The molecule has 0 spiro atoms. The van der Waals surface area contributed by atoms with Crippen LogP contribution in [0.5, 0.6) is 0 Å². The number of rotatable bonds is 3. The van der Waals surface area contributed by atoms with Gasteiger partial charge in [-0.1, -0.05) is 0 Å². The molecular weight excluding hydrogens is 250 g/mol. The lowest BCUT2D eigenvalue weighted by molar-refractivity contribution is 0.0667. The quantitative estimate of drug-likeness (QED) is 0.927. The van der Waals surface area contributed by atoms with Crippen molar-refractivity contribution in [1.29, 1.82) is 0 Å². The third-order valence-corrected chi connectivity index (χ3v) is 3.64. The molecule has 2 N–H and O–H groups in total. The van der Waals surface area contributed by atoms with Crippen molar-refractivity contribution in [2.24, 2.45) is 5.73 Å². The Morgan fingerprint density at radius 2 is 2.26 bits per heavy atom. The van der Waals surface area contributed by atoms with Crippen LogP contribution in [0.2, 0.25) is 0 Å². The summed E-state index contributed by atoms with van der Waals surface area (Å²) in [6, 6.07) is 0.0693. The number of hydrogen-bond donors (Lipinski definition) is 1. The first-order valence-corrected chi connectivity index (χ1v) is 6.39. The van der Waals surface area contributed by atoms with Gasteiger partial charge >= 0.3 is 6.55 Å². The number of nitrogens with zero attached hydrogens (tertiary/aromatic N) is 3. The zero-order chi connectivity index (χ0) is 13.4. The van der Waals surface area contributed by atoms with E-state index in [2.05, 4.69) is 4.98 Å². The topological polar surface area (TPSA) is 48.8 Å². The molecular formula is C13H16F2N4. The van der Waals surface area contributed by atoms with Crippen molar-refractivity contribution >= 4 is 0 Å². The molecule has 0 amide bonds. The Morgan fingerprint density at radius 1 is 1.42 bits per heavy atom. The normalized spacial score (nSPS) is 18.8. The van der Waals surface area contributed by atoms with E-state index in [9.17, 15) is 8.78 Å². The Kier molecular flexibility index (Phi) is 3.10. The Morgan fingerprint density at radius 3 is 3.00 bits per heavy atom. The van der Waals surface area contributed by atoms with Gasteiger partial charge in [-0.15, -0.1) is 0 Å². The van der Waals surface area contributed by atoms with Crippen molar-refractivity contribution in [3.63, 3.8) is 0 Å². The molecule has 1 unspecified atom stereocenters. The van der Waals surface area contributed by atoms with Gasteiger partial charge in [-0.05, 0) is 30.4 Å². The largest absolute Gasteiger partial charge is 0.346 e. The molecule has 0 aliphatic heterocycles. The van der Waals surface area contributed by atoms with Crippen molar-refractivity contribution < 1.29 is 8.78 Å². The number of imidazole rings is 1. The summed E-state index contributed by atoms with van der Waals surface area (Å²) in [5.74, 6) is 0.357. The molecule has 0 aromatic carbocycles. The van der Waals surface area contributed by atoms with Crippen LogP contribution < -0.4 is 5.73 Å². The molecule has 0 saturated carbocycles. The predicted molar refractivity (Wildman–Crippen MR) is 66.9 cm³/mol. The monoisotopic (exact) mass is 266 g/mol. The van der Waals surface area contributed by atoms with Crippen LogP contribution in [0, 0.1) is 0 Å². The van der Waals surface area contributed by atoms with Gasteiger partial charge < -0.3 is 10.3 Å². The lowest BCUT2D eigenvalue weighted by Crippen LogP contribution is -2.15. The molecule has 4 nitrogen and oxygen atoms in total. The minimum atomic E-state index is -2.55. The fourth-order valence-corrected chi connectivity index (χ4v) is 2.68. The lowest BCUT2D eigenvalue weighted by atomic mass is 9.92. The van der Waals surface area contributed by atoms with Crippen molar-refractivity contribution in [3.8, 4) is 0 Å². The highest BCUT2D eigenvalue weighted by Gasteiger charge is 2.19. The Bertz CT molecular complexity index is 573. The second-order valence-corrected chi connectivity index (χ2v) is 4.94. The Hall–Kier alpha value is -1.69. The minimum Gasteiger partial charge on any atom is -0.346 e. The molecule has 2 heterocycles. The first-order chi connectivity index (χ1) is 9.15. The summed E-state index contributed by atoms with van der Waals surface area (Å²) in [5.41, 5.74) is 8.43. The third-order valence-electron chi connectivity index (χ3n) is 3.64. The van der Waals surface area contributed by atoms with Gasteiger partial charge in [0.2, 0.25) is 0 Å². The maximum atomic E-state index is 12.7. The first-order valence-electron chi connectivity index (χ1n) is 6.39. The molecule has 6 heteroatoms. The zero-order valence-electron chi connectivity index (χ0n) is 10.5. The van der Waals surface area contributed by atoms with E-state index in [1.54, 1.807) is 0 Å². The van der Waals surface area contributed by atoms with E-state index in [0.29, 0.717) is 12.4 Å². The van der Waals surface area contributed by atoms with Crippen LogP contribution in [0.15, 0.2) is 24.8 Å². The molecule has 0 radical (unpaired) electrons. The predicted octanol–water partition coefficient (Wildman–Crippen LogP) is 2.46. The first kappa shape index (κ1) is 12.3. The maximum absolute atomic E-state index is 12.7. The van der Waals surface area contributed by atoms with Crippen LogP contribution in [0.1, 0.15) is 42.4 Å². The van der Waals surface area contributed by atoms with Crippen LogP contribution in [-0.4, -0.2) is 14.1 Å². The van der Waals surface area contributed by atoms with Crippen LogP contribution in [0.3, 0.4) is 0 Å². The minimum absolute atomic E-state index is 0.0693. The van der Waals surface area contributed by atoms with Gasteiger partial charge in [0.1, 0.15) is 5.82 Å². The second-order valence-electron chi connectivity index (χ2n) is 4.94. The average Bonchev–Trinajstić information content (AvgIpc) is 2.96.